The molecular formula is C23H26N2O4. The molecule has 0 atom stereocenters. The molecule has 1 saturated heterocycles. The summed E-state index contributed by atoms with van der Waals surface area (Å²) in [5.74, 6) is 0.654. The molecule has 0 aliphatic carbocycles. The molecule has 3 aromatic rings. The van der Waals surface area contributed by atoms with Crippen molar-refractivity contribution < 1.29 is 19.3 Å². The zero-order valence-electron chi connectivity index (χ0n) is 16.5. The van der Waals surface area contributed by atoms with E-state index in [9.17, 15) is 0 Å². The van der Waals surface area contributed by atoms with Crippen molar-refractivity contribution in [3.63, 3.8) is 0 Å². The molecule has 6 nitrogen and oxygen atoms in total. The van der Waals surface area contributed by atoms with E-state index in [1.807, 2.05) is 55.5 Å². The van der Waals surface area contributed by atoms with Gasteiger partial charge in [0.25, 0.3) is 0 Å². The molecule has 152 valence electrons. The van der Waals surface area contributed by atoms with E-state index in [-0.39, 0.29) is 12.0 Å². The first-order chi connectivity index (χ1) is 14.2. The molecule has 4 rings (SSSR count). The number of aliphatic hydroxyl groups excluding tert-OH is 1. The highest BCUT2D eigenvalue weighted by molar-refractivity contribution is 5.78. The van der Waals surface area contributed by atoms with Crippen LogP contribution in [-0.4, -0.2) is 48.1 Å². The Kier molecular flexibility index (Phi) is 6.06. The number of ether oxygens (including phenoxy) is 3. The number of aliphatic hydroxyl groups is 1. The first-order valence-electron chi connectivity index (χ1n) is 9.81. The van der Waals surface area contributed by atoms with Crippen LogP contribution >= 0.6 is 0 Å². The second kappa shape index (κ2) is 8.88. The van der Waals surface area contributed by atoms with E-state index in [1.54, 1.807) is 0 Å². The fourth-order valence-corrected chi connectivity index (χ4v) is 3.39. The van der Waals surface area contributed by atoms with Gasteiger partial charge in [-0.1, -0.05) is 67.6 Å². The Bertz CT molecular complexity index is 846. The number of nitrogens with one attached hydrogen (secondary N) is 1. The number of benzene rings is 2. The zero-order chi connectivity index (χ0) is 20.1. The van der Waals surface area contributed by atoms with Crippen molar-refractivity contribution in [2.24, 2.45) is 5.41 Å². The summed E-state index contributed by atoms with van der Waals surface area (Å²) in [6.45, 7) is 3.84. The topological polar surface area (TPSA) is 76.6 Å². The standard InChI is InChI=1S/C23H26N2O4/c1-23(14-27-13-12-26)15-28-22(29-16-23)21-24-19(17-8-4-2-5-9-17)20(25-21)18-10-6-3-7-11-18/h2-11,22,26H,12-16H2,1H3,(H,24,25). The third kappa shape index (κ3) is 4.57. The van der Waals surface area contributed by atoms with Crippen molar-refractivity contribution >= 4 is 0 Å². The molecule has 2 N–H and O–H groups in total. The second-order valence-electron chi connectivity index (χ2n) is 7.62. The molecule has 1 aromatic heterocycles. The van der Waals surface area contributed by atoms with Crippen molar-refractivity contribution in [1.29, 1.82) is 0 Å². The molecular weight excluding hydrogens is 368 g/mol. The Labute approximate surface area is 170 Å². The SMILES string of the molecule is CC1(COCCO)COC(c2nc(-c3ccccc3)c(-c3ccccc3)[nH]2)OC1. The Hall–Kier alpha value is -2.51. The maximum atomic E-state index is 8.89. The molecule has 1 aliphatic heterocycles. The molecule has 0 amide bonds. The molecule has 0 saturated carbocycles. The fraction of sp³-hybridized carbons (Fsp3) is 0.348. The molecule has 1 fully saturated rings. The summed E-state index contributed by atoms with van der Waals surface area (Å²) in [7, 11) is 0. The van der Waals surface area contributed by atoms with Gasteiger partial charge in [0.05, 0.1) is 44.4 Å². The van der Waals surface area contributed by atoms with Crippen molar-refractivity contribution in [2.75, 3.05) is 33.0 Å². The molecule has 2 heterocycles. The van der Waals surface area contributed by atoms with E-state index >= 15 is 0 Å². The number of H-pyrrole nitrogens is 1. The normalized spacial score (nSPS) is 21.9. The van der Waals surface area contributed by atoms with Crippen LogP contribution in [0.1, 0.15) is 19.0 Å². The maximum absolute atomic E-state index is 8.89. The summed E-state index contributed by atoms with van der Waals surface area (Å²) < 4.78 is 17.5. The molecule has 0 radical (unpaired) electrons. The van der Waals surface area contributed by atoms with Gasteiger partial charge in [-0.15, -0.1) is 0 Å². The Morgan fingerprint density at radius 1 is 1.03 bits per heavy atom. The molecule has 2 aromatic carbocycles. The smallest absolute Gasteiger partial charge is 0.217 e. The van der Waals surface area contributed by atoms with Crippen molar-refractivity contribution in [3.05, 3.63) is 66.5 Å². The predicted molar refractivity (Wildman–Crippen MR) is 110 cm³/mol. The van der Waals surface area contributed by atoms with Crippen LogP contribution in [0.3, 0.4) is 0 Å². The van der Waals surface area contributed by atoms with Crippen LogP contribution in [-0.2, 0) is 14.2 Å². The Balaban J connectivity index is 1.57. The number of hydrogen-bond acceptors (Lipinski definition) is 5. The first-order valence-corrected chi connectivity index (χ1v) is 9.81. The summed E-state index contributed by atoms with van der Waals surface area (Å²) in [5, 5.41) is 8.89. The quantitative estimate of drug-likeness (QED) is 0.596. The van der Waals surface area contributed by atoms with E-state index in [2.05, 4.69) is 17.1 Å². The summed E-state index contributed by atoms with van der Waals surface area (Å²) in [5.41, 5.74) is 3.66. The first kappa shape index (κ1) is 19.8. The van der Waals surface area contributed by atoms with E-state index in [4.69, 9.17) is 24.3 Å². The van der Waals surface area contributed by atoms with Crippen LogP contribution in [0.4, 0.5) is 0 Å². The third-order valence-electron chi connectivity index (χ3n) is 4.91. The highest BCUT2D eigenvalue weighted by Gasteiger charge is 2.35. The highest BCUT2D eigenvalue weighted by atomic mass is 16.7. The predicted octanol–water partition coefficient (Wildman–Crippen LogP) is 3.80. The van der Waals surface area contributed by atoms with Gasteiger partial charge in [-0.2, -0.15) is 0 Å². The van der Waals surface area contributed by atoms with E-state index in [1.165, 1.54) is 0 Å². The number of hydrogen-bond donors (Lipinski definition) is 2. The number of aromatic nitrogens is 2. The van der Waals surface area contributed by atoms with Gasteiger partial charge in [0.1, 0.15) is 0 Å². The molecule has 0 bridgehead atoms. The van der Waals surface area contributed by atoms with Gasteiger partial charge >= 0.3 is 0 Å². The average molecular weight is 394 g/mol. The molecule has 0 spiro atoms. The van der Waals surface area contributed by atoms with Gasteiger partial charge in [0, 0.05) is 16.5 Å². The van der Waals surface area contributed by atoms with Crippen molar-refractivity contribution in [2.45, 2.75) is 13.2 Å². The molecule has 1 aliphatic rings. The largest absolute Gasteiger partial charge is 0.394 e. The third-order valence-corrected chi connectivity index (χ3v) is 4.91. The number of imidazole rings is 1. The van der Waals surface area contributed by atoms with Crippen LogP contribution in [0.15, 0.2) is 60.7 Å². The minimum absolute atomic E-state index is 0.0113. The van der Waals surface area contributed by atoms with E-state index < -0.39 is 6.29 Å². The average Bonchev–Trinajstić information content (AvgIpc) is 3.21. The number of nitrogens with zero attached hydrogens (tertiary/aromatic N) is 1. The van der Waals surface area contributed by atoms with Crippen LogP contribution in [0.5, 0.6) is 0 Å². The van der Waals surface area contributed by atoms with Gasteiger partial charge in [-0.3, -0.25) is 0 Å². The summed E-state index contributed by atoms with van der Waals surface area (Å²) in [4.78, 5) is 8.25. The Morgan fingerprint density at radius 3 is 2.28 bits per heavy atom. The Morgan fingerprint density at radius 2 is 1.66 bits per heavy atom. The van der Waals surface area contributed by atoms with E-state index in [0.29, 0.717) is 32.3 Å². The fourth-order valence-electron chi connectivity index (χ4n) is 3.39. The van der Waals surface area contributed by atoms with Crippen LogP contribution in [0, 0.1) is 5.41 Å². The monoisotopic (exact) mass is 394 g/mol. The van der Waals surface area contributed by atoms with Gasteiger partial charge in [-0.05, 0) is 0 Å². The van der Waals surface area contributed by atoms with Crippen LogP contribution in [0.2, 0.25) is 0 Å². The van der Waals surface area contributed by atoms with Gasteiger partial charge < -0.3 is 24.3 Å². The van der Waals surface area contributed by atoms with Crippen molar-refractivity contribution in [3.8, 4) is 22.5 Å². The van der Waals surface area contributed by atoms with Gasteiger partial charge in [-0.25, -0.2) is 4.98 Å². The molecule has 0 unspecified atom stereocenters. The minimum Gasteiger partial charge on any atom is -0.394 e. The summed E-state index contributed by atoms with van der Waals surface area (Å²) in [6, 6.07) is 20.2. The van der Waals surface area contributed by atoms with Crippen LogP contribution < -0.4 is 0 Å². The highest BCUT2D eigenvalue weighted by Crippen LogP contribution is 2.35. The lowest BCUT2D eigenvalue weighted by atomic mass is 9.93. The minimum atomic E-state index is -0.555. The lowest BCUT2D eigenvalue weighted by molar-refractivity contribution is -0.242. The van der Waals surface area contributed by atoms with Crippen LogP contribution in [0.25, 0.3) is 22.5 Å². The van der Waals surface area contributed by atoms with Gasteiger partial charge in [0.15, 0.2) is 5.82 Å². The van der Waals surface area contributed by atoms with E-state index in [0.717, 1.165) is 22.5 Å². The summed E-state index contributed by atoms with van der Waals surface area (Å²) in [6.07, 6.45) is -0.555. The lowest BCUT2D eigenvalue weighted by Gasteiger charge is -2.36. The van der Waals surface area contributed by atoms with Crippen molar-refractivity contribution in [1.82, 2.24) is 9.97 Å². The molecule has 6 heteroatoms. The van der Waals surface area contributed by atoms with Gasteiger partial charge in [0.2, 0.25) is 6.29 Å². The molecule has 29 heavy (non-hydrogen) atoms. The number of rotatable bonds is 7. The second-order valence-corrected chi connectivity index (χ2v) is 7.62. The maximum Gasteiger partial charge on any atom is 0.217 e. The zero-order valence-corrected chi connectivity index (χ0v) is 16.5. The number of aromatic amines is 1. The summed E-state index contributed by atoms with van der Waals surface area (Å²) >= 11 is 0. The lowest BCUT2D eigenvalue weighted by Crippen LogP contribution is -2.40.